The Hall–Kier alpha value is -2.52. The van der Waals surface area contributed by atoms with Crippen LogP contribution in [-0.2, 0) is 28.5 Å². The number of rotatable bonds is 10. The molecule has 10 nitrogen and oxygen atoms in total. The minimum atomic E-state index is -0.959. The van der Waals surface area contributed by atoms with Gasteiger partial charge in [0, 0.05) is 0 Å². The number of hydrogen-bond acceptors (Lipinski definition) is 8. The van der Waals surface area contributed by atoms with E-state index in [2.05, 4.69) is 10.6 Å². The van der Waals surface area contributed by atoms with Gasteiger partial charge in [0.05, 0.1) is 13.2 Å². The van der Waals surface area contributed by atoms with Crippen molar-refractivity contribution in [2.45, 2.75) is 97.9 Å². The van der Waals surface area contributed by atoms with Gasteiger partial charge in [-0.05, 0) is 74.7 Å². The summed E-state index contributed by atoms with van der Waals surface area (Å²) in [4.78, 5) is 48.5. The van der Waals surface area contributed by atoms with Gasteiger partial charge >= 0.3 is 24.1 Å². The average molecular weight is 447 g/mol. The summed E-state index contributed by atoms with van der Waals surface area (Å²) in [6.07, 6.45) is -0.856. The highest BCUT2D eigenvalue weighted by Crippen LogP contribution is 2.12. The highest BCUT2D eigenvalue weighted by molar-refractivity contribution is 5.82. The number of carbonyl (C=O) groups excluding carboxylic acids is 4. The summed E-state index contributed by atoms with van der Waals surface area (Å²) in [6.45, 7) is 13.9. The van der Waals surface area contributed by atoms with Crippen molar-refractivity contribution in [2.75, 3.05) is 13.2 Å². The van der Waals surface area contributed by atoms with Crippen LogP contribution in [0.1, 0.15) is 74.7 Å². The second-order valence-corrected chi connectivity index (χ2v) is 8.83. The van der Waals surface area contributed by atoms with Crippen molar-refractivity contribution in [3.8, 4) is 0 Å². The number of ether oxygens (including phenoxy) is 4. The number of nitrogens with one attached hydrogen (secondary N) is 2. The Labute approximate surface area is 184 Å². The maximum absolute atomic E-state index is 12.2. The predicted molar refractivity (Wildman–Crippen MR) is 113 cm³/mol. The molecule has 0 aromatic carbocycles. The van der Waals surface area contributed by atoms with Gasteiger partial charge in [-0.3, -0.25) is 0 Å². The zero-order chi connectivity index (χ0) is 24.2. The Morgan fingerprint density at radius 3 is 1.26 bits per heavy atom. The first-order valence-electron chi connectivity index (χ1n) is 10.5. The maximum atomic E-state index is 12.2. The smallest absolute Gasteiger partial charge is 0.408 e. The van der Waals surface area contributed by atoms with E-state index in [9.17, 15) is 19.2 Å². The molecule has 0 aromatic rings. The molecule has 2 unspecified atom stereocenters. The molecule has 0 aromatic heterocycles. The lowest BCUT2D eigenvalue weighted by atomic mass is 10.1. The van der Waals surface area contributed by atoms with Gasteiger partial charge in [0.15, 0.2) is 0 Å². The van der Waals surface area contributed by atoms with Crippen LogP contribution in [-0.4, -0.2) is 60.6 Å². The van der Waals surface area contributed by atoms with E-state index in [1.807, 2.05) is 0 Å². The Morgan fingerprint density at radius 2 is 1.00 bits per heavy atom. The molecule has 0 aliphatic carbocycles. The third kappa shape index (κ3) is 14.2. The molecule has 0 radical (unpaired) electrons. The molecule has 2 atom stereocenters. The second kappa shape index (κ2) is 13.0. The summed E-state index contributed by atoms with van der Waals surface area (Å²) in [5, 5.41) is 4.99. The molecular weight excluding hydrogens is 408 g/mol. The van der Waals surface area contributed by atoms with Crippen molar-refractivity contribution in [1.29, 1.82) is 0 Å². The molecule has 0 fully saturated rings. The molecule has 31 heavy (non-hydrogen) atoms. The number of esters is 2. The summed E-state index contributed by atoms with van der Waals surface area (Å²) in [5.41, 5.74) is -1.45. The lowest BCUT2D eigenvalue weighted by Gasteiger charge is -2.24. The van der Waals surface area contributed by atoms with Gasteiger partial charge < -0.3 is 29.6 Å². The number of hydrogen-bond donors (Lipinski definition) is 2. The van der Waals surface area contributed by atoms with E-state index in [0.717, 1.165) is 0 Å². The first kappa shape index (κ1) is 28.5. The number of amides is 2. The van der Waals surface area contributed by atoms with Crippen LogP contribution < -0.4 is 10.6 Å². The van der Waals surface area contributed by atoms with Gasteiger partial charge in [-0.15, -0.1) is 0 Å². The van der Waals surface area contributed by atoms with Crippen molar-refractivity contribution in [1.82, 2.24) is 10.6 Å². The van der Waals surface area contributed by atoms with Crippen molar-refractivity contribution in [3.05, 3.63) is 0 Å². The fraction of sp³-hybridized carbons (Fsp3) is 0.810. The SMILES string of the molecule is CCOC(=O)C(CCCC(NC(=O)OC(C)(C)C)C(=O)OCC)NC(=O)OC(C)(C)C. The summed E-state index contributed by atoms with van der Waals surface area (Å²) in [7, 11) is 0. The topological polar surface area (TPSA) is 129 Å². The maximum Gasteiger partial charge on any atom is 0.408 e. The third-order valence-electron chi connectivity index (χ3n) is 3.51. The highest BCUT2D eigenvalue weighted by Gasteiger charge is 2.28. The van der Waals surface area contributed by atoms with Crippen molar-refractivity contribution >= 4 is 24.1 Å². The minimum Gasteiger partial charge on any atom is -0.464 e. The van der Waals surface area contributed by atoms with Crippen LogP contribution in [0, 0.1) is 0 Å². The number of alkyl carbamates (subject to hydrolysis) is 2. The zero-order valence-corrected chi connectivity index (χ0v) is 20.0. The van der Waals surface area contributed by atoms with Gasteiger partial charge in [0.1, 0.15) is 23.3 Å². The van der Waals surface area contributed by atoms with Crippen molar-refractivity contribution in [2.24, 2.45) is 0 Å². The molecule has 2 N–H and O–H groups in total. The first-order valence-corrected chi connectivity index (χ1v) is 10.5. The van der Waals surface area contributed by atoms with Crippen molar-refractivity contribution < 1.29 is 38.1 Å². The normalized spacial score (nSPS) is 13.4. The third-order valence-corrected chi connectivity index (χ3v) is 3.51. The van der Waals surface area contributed by atoms with Crippen LogP contribution in [0.15, 0.2) is 0 Å². The fourth-order valence-electron chi connectivity index (χ4n) is 2.41. The van der Waals surface area contributed by atoms with E-state index in [1.165, 1.54) is 0 Å². The lowest BCUT2D eigenvalue weighted by Crippen LogP contribution is -2.46. The van der Waals surface area contributed by atoms with Crippen LogP contribution >= 0.6 is 0 Å². The van der Waals surface area contributed by atoms with Gasteiger partial charge in [-0.25, -0.2) is 19.2 Å². The van der Waals surface area contributed by atoms with Crippen molar-refractivity contribution in [3.63, 3.8) is 0 Å². The molecule has 0 heterocycles. The molecule has 10 heteroatoms. The molecule has 0 saturated carbocycles. The quantitative estimate of drug-likeness (QED) is 0.387. The first-order chi connectivity index (χ1) is 14.2. The molecule has 0 aliphatic rings. The Balaban J connectivity index is 5.06. The molecule has 180 valence electrons. The van der Waals surface area contributed by atoms with Crippen LogP contribution in [0.4, 0.5) is 9.59 Å². The van der Waals surface area contributed by atoms with E-state index in [4.69, 9.17) is 18.9 Å². The van der Waals surface area contributed by atoms with Crippen LogP contribution in [0.25, 0.3) is 0 Å². The fourth-order valence-corrected chi connectivity index (χ4v) is 2.41. The highest BCUT2D eigenvalue weighted by atomic mass is 16.6. The Kier molecular flexibility index (Phi) is 12.0. The molecular formula is C21H38N2O8. The molecule has 0 aliphatic heterocycles. The van der Waals surface area contributed by atoms with Crippen LogP contribution in [0.5, 0.6) is 0 Å². The monoisotopic (exact) mass is 446 g/mol. The van der Waals surface area contributed by atoms with E-state index < -0.39 is 47.4 Å². The van der Waals surface area contributed by atoms with E-state index in [1.54, 1.807) is 55.4 Å². The molecule has 0 saturated heterocycles. The van der Waals surface area contributed by atoms with Crippen LogP contribution in [0.3, 0.4) is 0 Å². The summed E-state index contributed by atoms with van der Waals surface area (Å²) in [5.74, 6) is -1.22. The minimum absolute atomic E-state index is 0.150. The molecule has 0 spiro atoms. The molecule has 0 rings (SSSR count). The van der Waals surface area contributed by atoms with E-state index in [0.29, 0.717) is 6.42 Å². The Morgan fingerprint density at radius 1 is 0.677 bits per heavy atom. The van der Waals surface area contributed by atoms with E-state index >= 15 is 0 Å². The number of carbonyl (C=O) groups is 4. The standard InChI is InChI=1S/C21H38N2O8/c1-9-28-16(24)14(22-18(26)30-20(3,4)5)12-11-13-15(17(25)29-10-2)23-19(27)31-21(6,7)8/h14-15H,9-13H2,1-8H3,(H,22,26)(H,23,27). The van der Waals surface area contributed by atoms with Gasteiger partial charge in [-0.2, -0.15) is 0 Å². The second-order valence-electron chi connectivity index (χ2n) is 8.83. The van der Waals surface area contributed by atoms with Crippen LogP contribution in [0.2, 0.25) is 0 Å². The summed E-state index contributed by atoms with van der Waals surface area (Å²) >= 11 is 0. The van der Waals surface area contributed by atoms with E-state index in [-0.39, 0.29) is 26.1 Å². The predicted octanol–water partition coefficient (Wildman–Crippen LogP) is 3.07. The van der Waals surface area contributed by atoms with Gasteiger partial charge in [0.2, 0.25) is 0 Å². The molecule has 2 amide bonds. The van der Waals surface area contributed by atoms with Gasteiger partial charge in [-0.1, -0.05) is 0 Å². The molecule has 0 bridgehead atoms. The lowest BCUT2D eigenvalue weighted by molar-refractivity contribution is -0.145. The Bertz CT molecular complexity index is 555. The van der Waals surface area contributed by atoms with Gasteiger partial charge in [0.25, 0.3) is 0 Å². The average Bonchev–Trinajstić information content (AvgIpc) is 2.57. The summed E-state index contributed by atoms with van der Waals surface area (Å²) < 4.78 is 20.4. The largest absolute Gasteiger partial charge is 0.464 e. The zero-order valence-electron chi connectivity index (χ0n) is 20.0. The summed E-state index contributed by atoms with van der Waals surface area (Å²) in [6, 6.07) is -1.92.